The molecule has 0 saturated heterocycles. The van der Waals surface area contributed by atoms with Gasteiger partial charge in [0.1, 0.15) is 0 Å². The molecule has 15 heavy (non-hydrogen) atoms. The van der Waals surface area contributed by atoms with Gasteiger partial charge in [0.2, 0.25) is 0 Å². The number of rotatable bonds is 0. The highest BCUT2D eigenvalue weighted by Gasteiger charge is 2.31. The third-order valence-electron chi connectivity index (χ3n) is 4.07. The molecule has 1 aromatic rings. The van der Waals surface area contributed by atoms with E-state index < -0.39 is 0 Å². The summed E-state index contributed by atoms with van der Waals surface area (Å²) in [6.07, 6.45) is 5.69. The number of benzene rings is 1. The van der Waals surface area contributed by atoms with E-state index in [4.69, 9.17) is 0 Å². The number of anilines is 1. The van der Waals surface area contributed by atoms with Crippen LogP contribution < -0.4 is 5.32 Å². The Bertz CT molecular complexity index is 370. The minimum Gasteiger partial charge on any atom is -0.385 e. The molecular formula is C14H19N. The van der Waals surface area contributed by atoms with Crippen molar-refractivity contribution < 1.29 is 0 Å². The Hall–Kier alpha value is -0.980. The number of hydrogen-bond donors (Lipinski definition) is 1. The fourth-order valence-corrected chi connectivity index (χ4v) is 3.25. The van der Waals surface area contributed by atoms with Gasteiger partial charge in [0.05, 0.1) is 0 Å². The van der Waals surface area contributed by atoms with E-state index in [1.165, 1.54) is 43.5 Å². The zero-order valence-corrected chi connectivity index (χ0v) is 9.42. The molecular weight excluding hydrogens is 182 g/mol. The Labute approximate surface area is 91.9 Å². The van der Waals surface area contributed by atoms with Crippen LogP contribution in [-0.2, 0) is 0 Å². The maximum Gasteiger partial charge on any atom is 0.0375 e. The minimum absolute atomic E-state index is 0.842. The first-order valence-corrected chi connectivity index (χ1v) is 6.19. The van der Waals surface area contributed by atoms with Crippen LogP contribution >= 0.6 is 0 Å². The van der Waals surface area contributed by atoms with Crippen molar-refractivity contribution in [1.29, 1.82) is 0 Å². The van der Waals surface area contributed by atoms with Gasteiger partial charge in [-0.2, -0.15) is 0 Å². The number of fused-ring (bicyclic) bond motifs is 3. The Kier molecular flexibility index (Phi) is 2.19. The second kappa shape index (κ2) is 3.55. The molecule has 1 aromatic carbocycles. The first kappa shape index (κ1) is 9.26. The van der Waals surface area contributed by atoms with Crippen molar-refractivity contribution in [1.82, 2.24) is 0 Å². The summed E-state index contributed by atoms with van der Waals surface area (Å²) >= 11 is 0. The van der Waals surface area contributed by atoms with Gasteiger partial charge in [-0.1, -0.05) is 30.5 Å². The normalized spacial score (nSPS) is 28.9. The molecule has 1 aliphatic carbocycles. The van der Waals surface area contributed by atoms with Gasteiger partial charge in [0.25, 0.3) is 0 Å². The lowest BCUT2D eigenvalue weighted by atomic mass is 9.73. The molecule has 0 radical (unpaired) electrons. The van der Waals surface area contributed by atoms with E-state index in [-0.39, 0.29) is 0 Å². The number of aryl methyl sites for hydroxylation is 1. The van der Waals surface area contributed by atoms with Gasteiger partial charge in [-0.15, -0.1) is 0 Å². The smallest absolute Gasteiger partial charge is 0.0375 e. The summed E-state index contributed by atoms with van der Waals surface area (Å²) in [5.41, 5.74) is 4.39. The van der Waals surface area contributed by atoms with Crippen LogP contribution in [0.5, 0.6) is 0 Å². The number of nitrogens with one attached hydrogen (secondary N) is 1. The van der Waals surface area contributed by atoms with E-state index in [1.807, 2.05) is 0 Å². The van der Waals surface area contributed by atoms with E-state index in [0.29, 0.717) is 0 Å². The van der Waals surface area contributed by atoms with E-state index in [9.17, 15) is 0 Å². The lowest BCUT2D eigenvalue weighted by Gasteiger charge is -2.38. The Balaban J connectivity index is 2.01. The zero-order valence-electron chi connectivity index (χ0n) is 9.42. The summed E-state index contributed by atoms with van der Waals surface area (Å²) < 4.78 is 0. The van der Waals surface area contributed by atoms with E-state index in [2.05, 4.69) is 30.4 Å². The first-order chi connectivity index (χ1) is 7.34. The molecule has 1 N–H and O–H groups in total. The fourth-order valence-electron chi connectivity index (χ4n) is 3.25. The minimum atomic E-state index is 0.842. The molecule has 1 aliphatic heterocycles. The second-order valence-corrected chi connectivity index (χ2v) is 5.12. The summed E-state index contributed by atoms with van der Waals surface area (Å²) in [7, 11) is 0. The van der Waals surface area contributed by atoms with E-state index in [0.717, 1.165) is 11.8 Å². The molecule has 1 saturated carbocycles. The standard InChI is InChI=1S/C14H19N/c1-10-6-7-14-13(8-10)12-5-3-2-4-11(12)9-15-14/h6-8,11-12,15H,2-5,9H2,1H3. The average Bonchev–Trinajstić information content (AvgIpc) is 2.29. The lowest BCUT2D eigenvalue weighted by Crippen LogP contribution is -2.30. The Morgan fingerprint density at radius 3 is 3.00 bits per heavy atom. The highest BCUT2D eigenvalue weighted by Crippen LogP contribution is 2.43. The van der Waals surface area contributed by atoms with Crippen LogP contribution in [0.3, 0.4) is 0 Å². The molecule has 2 aliphatic rings. The molecule has 1 nitrogen and oxygen atoms in total. The monoisotopic (exact) mass is 201 g/mol. The quantitative estimate of drug-likeness (QED) is 0.675. The fraction of sp³-hybridized carbons (Fsp3) is 0.571. The molecule has 0 amide bonds. The third-order valence-corrected chi connectivity index (χ3v) is 4.07. The van der Waals surface area contributed by atoms with Gasteiger partial charge in [0.15, 0.2) is 0 Å². The average molecular weight is 201 g/mol. The molecule has 80 valence electrons. The summed E-state index contributed by atoms with van der Waals surface area (Å²) in [5.74, 6) is 1.74. The van der Waals surface area contributed by atoms with Crippen LogP contribution in [0, 0.1) is 12.8 Å². The van der Waals surface area contributed by atoms with E-state index in [1.54, 1.807) is 5.56 Å². The van der Waals surface area contributed by atoms with Gasteiger partial charge >= 0.3 is 0 Å². The summed E-state index contributed by atoms with van der Waals surface area (Å²) in [6, 6.07) is 6.87. The Morgan fingerprint density at radius 2 is 2.07 bits per heavy atom. The molecule has 3 rings (SSSR count). The zero-order chi connectivity index (χ0) is 10.3. The van der Waals surface area contributed by atoms with Crippen LogP contribution in [0.4, 0.5) is 5.69 Å². The molecule has 2 unspecified atom stereocenters. The Morgan fingerprint density at radius 1 is 1.20 bits per heavy atom. The predicted molar refractivity (Wildman–Crippen MR) is 64.4 cm³/mol. The van der Waals surface area contributed by atoms with E-state index >= 15 is 0 Å². The van der Waals surface area contributed by atoms with Crippen molar-refractivity contribution >= 4 is 5.69 Å². The van der Waals surface area contributed by atoms with Gasteiger partial charge in [0, 0.05) is 12.2 Å². The van der Waals surface area contributed by atoms with Crippen molar-refractivity contribution in [3.8, 4) is 0 Å². The molecule has 2 atom stereocenters. The van der Waals surface area contributed by atoms with Gasteiger partial charge in [-0.05, 0) is 43.2 Å². The summed E-state index contributed by atoms with van der Waals surface area (Å²) in [4.78, 5) is 0. The lowest BCUT2D eigenvalue weighted by molar-refractivity contribution is 0.313. The molecule has 1 heterocycles. The van der Waals surface area contributed by atoms with Crippen LogP contribution in [-0.4, -0.2) is 6.54 Å². The molecule has 1 fully saturated rings. The topological polar surface area (TPSA) is 12.0 Å². The van der Waals surface area contributed by atoms with Crippen molar-refractivity contribution in [3.63, 3.8) is 0 Å². The van der Waals surface area contributed by atoms with Crippen LogP contribution in [0.15, 0.2) is 18.2 Å². The second-order valence-electron chi connectivity index (χ2n) is 5.12. The maximum atomic E-state index is 3.59. The summed E-state index contributed by atoms with van der Waals surface area (Å²) in [5, 5.41) is 3.59. The van der Waals surface area contributed by atoms with Crippen LogP contribution in [0.25, 0.3) is 0 Å². The molecule has 1 heteroatoms. The highest BCUT2D eigenvalue weighted by atomic mass is 14.9. The first-order valence-electron chi connectivity index (χ1n) is 6.19. The van der Waals surface area contributed by atoms with Crippen LogP contribution in [0.2, 0.25) is 0 Å². The van der Waals surface area contributed by atoms with Gasteiger partial charge in [-0.3, -0.25) is 0 Å². The third kappa shape index (κ3) is 1.54. The largest absolute Gasteiger partial charge is 0.385 e. The highest BCUT2D eigenvalue weighted by molar-refractivity contribution is 5.56. The van der Waals surface area contributed by atoms with Crippen molar-refractivity contribution in [3.05, 3.63) is 29.3 Å². The van der Waals surface area contributed by atoms with Gasteiger partial charge in [-0.25, -0.2) is 0 Å². The predicted octanol–water partition coefficient (Wildman–Crippen LogP) is 3.69. The summed E-state index contributed by atoms with van der Waals surface area (Å²) in [6.45, 7) is 3.40. The van der Waals surface area contributed by atoms with Crippen molar-refractivity contribution in [2.45, 2.75) is 38.5 Å². The van der Waals surface area contributed by atoms with Crippen LogP contribution in [0.1, 0.15) is 42.7 Å². The van der Waals surface area contributed by atoms with Crippen molar-refractivity contribution in [2.24, 2.45) is 5.92 Å². The number of hydrogen-bond acceptors (Lipinski definition) is 1. The SMILES string of the molecule is Cc1ccc2c(c1)C1CCCCC1CN2. The van der Waals surface area contributed by atoms with Gasteiger partial charge < -0.3 is 5.32 Å². The molecule has 0 aromatic heterocycles. The molecule has 0 spiro atoms. The van der Waals surface area contributed by atoms with Crippen molar-refractivity contribution in [2.75, 3.05) is 11.9 Å². The maximum absolute atomic E-state index is 3.59. The molecule has 0 bridgehead atoms.